The number of piperazine rings is 1. The van der Waals surface area contributed by atoms with Gasteiger partial charge in [-0.1, -0.05) is 72.8 Å². The first kappa shape index (κ1) is 30.2. The molecular formula is C29H27ClF6N2O. The van der Waals surface area contributed by atoms with Crippen LogP contribution in [0, 0.1) is 0 Å². The molecule has 0 N–H and O–H groups in total. The van der Waals surface area contributed by atoms with E-state index >= 15 is 0 Å². The van der Waals surface area contributed by atoms with Crippen molar-refractivity contribution in [2.24, 2.45) is 0 Å². The maximum absolute atomic E-state index is 13.4. The molecule has 0 unspecified atom stereocenters. The van der Waals surface area contributed by atoms with E-state index in [-0.39, 0.29) is 25.0 Å². The molecule has 1 aliphatic rings. The minimum Gasteiger partial charge on any atom is -0.333 e. The Kier molecular flexibility index (Phi) is 9.85. The first-order valence-electron chi connectivity index (χ1n) is 12.1. The molecule has 3 nitrogen and oxygen atoms in total. The Morgan fingerprint density at radius 1 is 0.821 bits per heavy atom. The normalized spacial score (nSPS) is 16.8. The third-order valence-corrected chi connectivity index (χ3v) is 6.45. The number of alkyl halides is 6. The molecule has 39 heavy (non-hydrogen) atoms. The van der Waals surface area contributed by atoms with Crippen LogP contribution < -0.4 is 0 Å². The summed E-state index contributed by atoms with van der Waals surface area (Å²) in [5.41, 5.74) is -1.67. The van der Waals surface area contributed by atoms with E-state index in [9.17, 15) is 31.1 Å². The number of hydrogen-bond donors (Lipinski definition) is 0. The predicted molar refractivity (Wildman–Crippen MR) is 141 cm³/mol. The highest BCUT2D eigenvalue weighted by atomic mass is 35.5. The maximum atomic E-state index is 13.4. The van der Waals surface area contributed by atoms with Crippen molar-refractivity contribution >= 4 is 24.4 Å². The molecule has 4 rings (SSSR count). The van der Waals surface area contributed by atoms with Gasteiger partial charge < -0.3 is 4.90 Å². The zero-order valence-electron chi connectivity index (χ0n) is 20.8. The highest BCUT2D eigenvalue weighted by molar-refractivity contribution is 5.95. The van der Waals surface area contributed by atoms with Crippen molar-refractivity contribution < 1.29 is 31.1 Å². The molecule has 0 aliphatic carbocycles. The van der Waals surface area contributed by atoms with Crippen LogP contribution >= 0.6 is 12.4 Å². The van der Waals surface area contributed by atoms with Gasteiger partial charge in [-0.25, -0.2) is 0 Å². The van der Waals surface area contributed by atoms with Gasteiger partial charge in [0.2, 0.25) is 0 Å². The summed E-state index contributed by atoms with van der Waals surface area (Å²) in [6.07, 6.45) is -5.66. The molecule has 1 aliphatic heterocycles. The molecular weight excluding hydrogens is 542 g/mol. The van der Waals surface area contributed by atoms with Gasteiger partial charge in [-0.3, -0.25) is 9.69 Å². The minimum atomic E-state index is -5.02. The zero-order valence-corrected chi connectivity index (χ0v) is 21.6. The number of amides is 1. The van der Waals surface area contributed by atoms with E-state index in [2.05, 4.69) is 4.90 Å². The number of carbonyl (C=O) groups excluding carboxylic acids is 1. The van der Waals surface area contributed by atoms with Crippen LogP contribution in [0.25, 0.3) is 6.08 Å². The third-order valence-electron chi connectivity index (χ3n) is 6.45. The Bertz CT molecular complexity index is 1230. The highest BCUT2D eigenvalue weighted by Gasteiger charge is 2.39. The van der Waals surface area contributed by atoms with Crippen molar-refractivity contribution in [2.75, 3.05) is 26.2 Å². The molecule has 1 atom stereocenters. The van der Waals surface area contributed by atoms with Crippen LogP contribution in [0.1, 0.15) is 32.6 Å². The van der Waals surface area contributed by atoms with E-state index in [1.165, 1.54) is 4.90 Å². The SMILES string of the molecule is Cl.O=C(c1cc(C(F)(F)F)cc(C(F)(F)F)c1)N1CCN(C/C=C/c2ccccc2)C[C@H]1Cc1ccccc1. The average Bonchev–Trinajstić information content (AvgIpc) is 2.88. The first-order valence-corrected chi connectivity index (χ1v) is 12.1. The molecule has 0 aromatic heterocycles. The van der Waals surface area contributed by atoms with E-state index in [1.54, 1.807) is 0 Å². The number of benzene rings is 3. The molecule has 1 fully saturated rings. The van der Waals surface area contributed by atoms with Gasteiger partial charge in [0.05, 0.1) is 11.1 Å². The van der Waals surface area contributed by atoms with Crippen LogP contribution in [-0.2, 0) is 18.8 Å². The molecule has 1 amide bonds. The molecule has 3 aromatic carbocycles. The van der Waals surface area contributed by atoms with Crippen molar-refractivity contribution in [3.05, 3.63) is 113 Å². The van der Waals surface area contributed by atoms with Gasteiger partial charge >= 0.3 is 12.4 Å². The molecule has 10 heteroatoms. The van der Waals surface area contributed by atoms with Gasteiger partial charge in [0.15, 0.2) is 0 Å². The Hall–Kier alpha value is -3.30. The molecule has 1 heterocycles. The largest absolute Gasteiger partial charge is 0.416 e. The lowest BCUT2D eigenvalue weighted by molar-refractivity contribution is -0.143. The van der Waals surface area contributed by atoms with Gasteiger partial charge in [-0.2, -0.15) is 26.3 Å². The maximum Gasteiger partial charge on any atom is 0.416 e. The van der Waals surface area contributed by atoms with E-state index in [0.29, 0.717) is 38.2 Å². The number of nitrogens with zero attached hydrogens (tertiary/aromatic N) is 2. The minimum absolute atomic E-state index is 0. The predicted octanol–water partition coefficient (Wildman–Crippen LogP) is 7.23. The third kappa shape index (κ3) is 8.10. The Morgan fingerprint density at radius 2 is 1.38 bits per heavy atom. The second-order valence-corrected chi connectivity index (χ2v) is 9.21. The zero-order chi connectivity index (χ0) is 27.3. The van der Waals surface area contributed by atoms with Crippen LogP contribution in [-0.4, -0.2) is 47.9 Å². The van der Waals surface area contributed by atoms with Crippen molar-refractivity contribution in [2.45, 2.75) is 24.8 Å². The van der Waals surface area contributed by atoms with Crippen LogP contribution in [0.5, 0.6) is 0 Å². The number of hydrogen-bond acceptors (Lipinski definition) is 2. The lowest BCUT2D eigenvalue weighted by Gasteiger charge is -2.41. The van der Waals surface area contributed by atoms with Gasteiger partial charge in [-0.05, 0) is 35.7 Å². The smallest absolute Gasteiger partial charge is 0.333 e. The second kappa shape index (κ2) is 12.7. The summed E-state index contributed by atoms with van der Waals surface area (Å²) in [5.74, 6) is -0.845. The molecule has 0 saturated carbocycles. The van der Waals surface area contributed by atoms with Crippen molar-refractivity contribution in [1.82, 2.24) is 9.80 Å². The van der Waals surface area contributed by atoms with Crippen LogP contribution in [0.3, 0.4) is 0 Å². The fraction of sp³-hybridized carbons (Fsp3) is 0.276. The lowest BCUT2D eigenvalue weighted by atomic mass is 9.99. The Morgan fingerprint density at radius 3 is 1.95 bits per heavy atom. The highest BCUT2D eigenvalue weighted by Crippen LogP contribution is 2.37. The van der Waals surface area contributed by atoms with Gasteiger partial charge in [-0.15, -0.1) is 12.4 Å². The first-order chi connectivity index (χ1) is 18.0. The average molecular weight is 569 g/mol. The van der Waals surface area contributed by atoms with Crippen LogP contribution in [0.4, 0.5) is 26.3 Å². The molecule has 0 spiro atoms. The van der Waals surface area contributed by atoms with Crippen molar-refractivity contribution in [1.29, 1.82) is 0 Å². The van der Waals surface area contributed by atoms with Crippen molar-refractivity contribution in [3.63, 3.8) is 0 Å². The van der Waals surface area contributed by atoms with Crippen molar-refractivity contribution in [3.8, 4) is 0 Å². The number of carbonyl (C=O) groups is 1. The lowest BCUT2D eigenvalue weighted by Crippen LogP contribution is -2.56. The molecule has 0 bridgehead atoms. The van der Waals surface area contributed by atoms with E-state index in [0.717, 1.165) is 11.1 Å². The summed E-state index contributed by atoms with van der Waals surface area (Å²) in [4.78, 5) is 16.9. The number of halogens is 7. The Balaban J connectivity index is 0.00000420. The molecule has 1 saturated heterocycles. The summed E-state index contributed by atoms with van der Waals surface area (Å²) in [7, 11) is 0. The summed E-state index contributed by atoms with van der Waals surface area (Å²) >= 11 is 0. The summed E-state index contributed by atoms with van der Waals surface area (Å²) < 4.78 is 80.4. The fourth-order valence-electron chi connectivity index (χ4n) is 4.56. The second-order valence-electron chi connectivity index (χ2n) is 9.21. The van der Waals surface area contributed by atoms with Gasteiger partial charge in [0.1, 0.15) is 0 Å². The van der Waals surface area contributed by atoms with Crippen LogP contribution in [0.15, 0.2) is 84.9 Å². The molecule has 3 aromatic rings. The summed E-state index contributed by atoms with van der Waals surface area (Å²) in [5, 5.41) is 0. The standard InChI is InChI=1S/C29H26F6N2O.ClH/c30-28(31,32)24-17-23(18-25(19-24)29(33,34)35)27(38)37-15-14-36(13-7-12-21-8-3-1-4-9-21)20-26(37)16-22-10-5-2-6-11-22;/h1-12,17-19,26H,13-16,20H2;1H/b12-7+;/t26-;/m1./s1. The Labute approximate surface area is 229 Å². The topological polar surface area (TPSA) is 23.6 Å². The summed E-state index contributed by atoms with van der Waals surface area (Å²) in [6.45, 7) is 1.61. The summed E-state index contributed by atoms with van der Waals surface area (Å²) in [6, 6.07) is 19.6. The molecule has 0 radical (unpaired) electrons. The monoisotopic (exact) mass is 568 g/mol. The van der Waals surface area contributed by atoms with Gasteiger partial charge in [0, 0.05) is 37.8 Å². The van der Waals surface area contributed by atoms with Gasteiger partial charge in [0.25, 0.3) is 5.91 Å². The number of rotatable bonds is 6. The quantitative estimate of drug-likeness (QED) is 0.293. The van der Waals surface area contributed by atoms with E-state index in [4.69, 9.17) is 0 Å². The van der Waals surface area contributed by atoms with E-state index < -0.39 is 41.0 Å². The van der Waals surface area contributed by atoms with Crippen LogP contribution in [0.2, 0.25) is 0 Å². The molecule has 208 valence electrons. The fourth-order valence-corrected chi connectivity index (χ4v) is 4.56. The van der Waals surface area contributed by atoms with E-state index in [1.807, 2.05) is 72.8 Å².